The van der Waals surface area contributed by atoms with Gasteiger partial charge in [0, 0.05) is 18.7 Å². The molecule has 1 aromatic carbocycles. The van der Waals surface area contributed by atoms with Gasteiger partial charge < -0.3 is 0 Å². The predicted octanol–water partition coefficient (Wildman–Crippen LogP) is 3.38. The number of carbonyl (C=O) groups is 2. The highest BCUT2D eigenvalue weighted by Crippen LogP contribution is 2.31. The molecular formula is C16H22N2O2. The number of anilines is 1. The SMILES string of the molecule is CC(C)c1ccc(N2CCC(=O)NC2=O)c(C(C)C)c1. The quantitative estimate of drug-likeness (QED) is 0.918. The zero-order chi connectivity index (χ0) is 14.9. The number of nitrogens with zero attached hydrogens (tertiary/aromatic N) is 1. The van der Waals surface area contributed by atoms with Gasteiger partial charge in [0.2, 0.25) is 5.91 Å². The fraction of sp³-hybridized carbons (Fsp3) is 0.500. The van der Waals surface area contributed by atoms with E-state index in [1.807, 2.05) is 6.07 Å². The second-order valence-electron chi connectivity index (χ2n) is 5.88. The van der Waals surface area contributed by atoms with Gasteiger partial charge in [-0.1, -0.05) is 39.8 Å². The van der Waals surface area contributed by atoms with Crippen LogP contribution in [0.1, 0.15) is 57.1 Å². The third-order valence-corrected chi connectivity index (χ3v) is 3.69. The summed E-state index contributed by atoms with van der Waals surface area (Å²) < 4.78 is 0. The van der Waals surface area contributed by atoms with Crippen LogP contribution in [-0.4, -0.2) is 18.5 Å². The molecule has 0 radical (unpaired) electrons. The lowest BCUT2D eigenvalue weighted by atomic mass is 9.93. The molecule has 0 aliphatic carbocycles. The number of hydrogen-bond acceptors (Lipinski definition) is 2. The van der Waals surface area contributed by atoms with Crippen molar-refractivity contribution >= 4 is 17.6 Å². The van der Waals surface area contributed by atoms with Gasteiger partial charge in [-0.25, -0.2) is 4.79 Å². The molecule has 20 heavy (non-hydrogen) atoms. The zero-order valence-corrected chi connectivity index (χ0v) is 12.6. The molecule has 0 bridgehead atoms. The maximum atomic E-state index is 12.0. The van der Waals surface area contributed by atoms with E-state index < -0.39 is 0 Å². The third kappa shape index (κ3) is 2.84. The lowest BCUT2D eigenvalue weighted by Gasteiger charge is -2.30. The summed E-state index contributed by atoms with van der Waals surface area (Å²) >= 11 is 0. The molecule has 0 saturated carbocycles. The van der Waals surface area contributed by atoms with Crippen LogP contribution in [0.15, 0.2) is 18.2 Å². The Morgan fingerprint density at radius 3 is 2.35 bits per heavy atom. The average Bonchev–Trinajstić information content (AvgIpc) is 2.38. The molecule has 1 saturated heterocycles. The molecule has 0 aromatic heterocycles. The van der Waals surface area contributed by atoms with Gasteiger partial charge in [-0.15, -0.1) is 0 Å². The van der Waals surface area contributed by atoms with Crippen molar-refractivity contribution in [2.24, 2.45) is 0 Å². The van der Waals surface area contributed by atoms with Crippen LogP contribution in [-0.2, 0) is 4.79 Å². The number of benzene rings is 1. The number of nitrogens with one attached hydrogen (secondary N) is 1. The van der Waals surface area contributed by atoms with Crippen LogP contribution in [0.4, 0.5) is 10.5 Å². The fourth-order valence-electron chi connectivity index (χ4n) is 2.43. The summed E-state index contributed by atoms with van der Waals surface area (Å²) in [7, 11) is 0. The topological polar surface area (TPSA) is 49.4 Å². The van der Waals surface area contributed by atoms with Crippen LogP contribution < -0.4 is 10.2 Å². The molecule has 1 fully saturated rings. The molecule has 1 N–H and O–H groups in total. The second kappa shape index (κ2) is 5.65. The minimum absolute atomic E-state index is 0.198. The second-order valence-corrected chi connectivity index (χ2v) is 5.88. The zero-order valence-electron chi connectivity index (χ0n) is 12.6. The number of rotatable bonds is 3. The van der Waals surface area contributed by atoms with E-state index in [1.165, 1.54) is 5.56 Å². The number of amides is 3. The maximum absolute atomic E-state index is 12.0. The first-order chi connectivity index (χ1) is 9.40. The lowest BCUT2D eigenvalue weighted by molar-refractivity contribution is -0.120. The van der Waals surface area contributed by atoms with E-state index in [0.717, 1.165) is 11.3 Å². The standard InChI is InChI=1S/C16H22N2O2/c1-10(2)12-5-6-14(13(9-12)11(3)4)18-8-7-15(19)17-16(18)20/h5-6,9-11H,7-8H2,1-4H3,(H,17,19,20). The van der Waals surface area contributed by atoms with E-state index in [0.29, 0.717) is 24.8 Å². The molecule has 108 valence electrons. The Bertz CT molecular complexity index is 535. The van der Waals surface area contributed by atoms with Crippen LogP contribution in [0.2, 0.25) is 0 Å². The predicted molar refractivity (Wildman–Crippen MR) is 80.1 cm³/mol. The van der Waals surface area contributed by atoms with E-state index in [-0.39, 0.29) is 11.9 Å². The molecule has 1 aromatic rings. The summed E-state index contributed by atoms with van der Waals surface area (Å²) in [6.45, 7) is 9.01. The molecular weight excluding hydrogens is 252 g/mol. The monoisotopic (exact) mass is 274 g/mol. The molecule has 4 heteroatoms. The molecule has 1 aliphatic rings. The Balaban J connectivity index is 2.40. The summed E-state index contributed by atoms with van der Waals surface area (Å²) in [5, 5.41) is 2.38. The number of carbonyl (C=O) groups excluding carboxylic acids is 2. The summed E-state index contributed by atoms with van der Waals surface area (Å²) in [5.74, 6) is 0.587. The molecule has 1 heterocycles. The molecule has 4 nitrogen and oxygen atoms in total. The highest BCUT2D eigenvalue weighted by Gasteiger charge is 2.26. The van der Waals surface area contributed by atoms with Gasteiger partial charge in [-0.05, 0) is 29.0 Å². The first kappa shape index (κ1) is 14.6. The van der Waals surface area contributed by atoms with E-state index in [4.69, 9.17) is 0 Å². The lowest BCUT2D eigenvalue weighted by Crippen LogP contribution is -2.49. The molecule has 0 unspecified atom stereocenters. The van der Waals surface area contributed by atoms with Crippen molar-refractivity contribution in [2.75, 3.05) is 11.4 Å². The van der Waals surface area contributed by atoms with E-state index >= 15 is 0 Å². The maximum Gasteiger partial charge on any atom is 0.328 e. The van der Waals surface area contributed by atoms with Gasteiger partial charge in [0.15, 0.2) is 0 Å². The largest absolute Gasteiger partial charge is 0.328 e. The molecule has 0 atom stereocenters. The normalized spacial score (nSPS) is 16.0. The van der Waals surface area contributed by atoms with Gasteiger partial charge >= 0.3 is 6.03 Å². The van der Waals surface area contributed by atoms with Crippen molar-refractivity contribution < 1.29 is 9.59 Å². The summed E-state index contributed by atoms with van der Waals surface area (Å²) in [4.78, 5) is 24.9. The summed E-state index contributed by atoms with van der Waals surface area (Å²) in [5.41, 5.74) is 3.33. The van der Waals surface area contributed by atoms with Gasteiger partial charge in [0.1, 0.15) is 0 Å². The Labute approximate surface area is 120 Å². The third-order valence-electron chi connectivity index (χ3n) is 3.69. The molecule has 2 rings (SSSR count). The fourth-order valence-corrected chi connectivity index (χ4v) is 2.43. The van der Waals surface area contributed by atoms with E-state index in [2.05, 4.69) is 45.1 Å². The van der Waals surface area contributed by atoms with Gasteiger partial charge in [-0.2, -0.15) is 0 Å². The van der Waals surface area contributed by atoms with Gasteiger partial charge in [0.25, 0.3) is 0 Å². The van der Waals surface area contributed by atoms with Crippen LogP contribution in [0.25, 0.3) is 0 Å². The van der Waals surface area contributed by atoms with Crippen molar-refractivity contribution in [2.45, 2.75) is 46.0 Å². The first-order valence-electron chi connectivity index (χ1n) is 7.15. The van der Waals surface area contributed by atoms with Crippen molar-refractivity contribution in [3.63, 3.8) is 0 Å². The van der Waals surface area contributed by atoms with Gasteiger partial charge in [-0.3, -0.25) is 15.0 Å². The summed E-state index contributed by atoms with van der Waals surface area (Å²) in [6, 6.07) is 5.92. The smallest absolute Gasteiger partial charge is 0.293 e. The minimum atomic E-state index is -0.319. The Morgan fingerprint density at radius 2 is 1.80 bits per heavy atom. The molecule has 0 spiro atoms. The van der Waals surface area contributed by atoms with Crippen LogP contribution in [0, 0.1) is 0 Å². The van der Waals surface area contributed by atoms with Gasteiger partial charge in [0.05, 0.1) is 0 Å². The van der Waals surface area contributed by atoms with Crippen molar-refractivity contribution in [3.05, 3.63) is 29.3 Å². The van der Waals surface area contributed by atoms with Crippen molar-refractivity contribution in [1.29, 1.82) is 0 Å². The number of hydrogen-bond donors (Lipinski definition) is 1. The summed E-state index contributed by atoms with van der Waals surface area (Å²) in [6.07, 6.45) is 0.356. The van der Waals surface area contributed by atoms with Crippen LogP contribution in [0.3, 0.4) is 0 Å². The van der Waals surface area contributed by atoms with E-state index in [9.17, 15) is 9.59 Å². The van der Waals surface area contributed by atoms with Crippen LogP contribution >= 0.6 is 0 Å². The first-order valence-corrected chi connectivity index (χ1v) is 7.15. The van der Waals surface area contributed by atoms with Crippen molar-refractivity contribution in [3.8, 4) is 0 Å². The molecule has 3 amide bonds. The van der Waals surface area contributed by atoms with Crippen LogP contribution in [0.5, 0.6) is 0 Å². The average molecular weight is 274 g/mol. The van der Waals surface area contributed by atoms with E-state index in [1.54, 1.807) is 4.90 Å². The molecule has 1 aliphatic heterocycles. The Morgan fingerprint density at radius 1 is 1.10 bits per heavy atom. The number of urea groups is 1. The Hall–Kier alpha value is -1.84. The number of imide groups is 1. The highest BCUT2D eigenvalue weighted by atomic mass is 16.2. The minimum Gasteiger partial charge on any atom is -0.293 e. The van der Waals surface area contributed by atoms with Crippen molar-refractivity contribution in [1.82, 2.24) is 5.32 Å². The highest BCUT2D eigenvalue weighted by molar-refractivity contribution is 6.05. The Kier molecular flexibility index (Phi) is 4.12.